The number of nitrogens with two attached hydrogens (primary N) is 1. The number of benzene rings is 1. The molecule has 2 aromatic heterocycles. The Morgan fingerprint density at radius 2 is 1.82 bits per heavy atom. The second-order valence-corrected chi connectivity index (χ2v) is 7.71. The summed E-state index contributed by atoms with van der Waals surface area (Å²) in [5, 5.41) is 13.3. The van der Waals surface area contributed by atoms with Crippen LogP contribution in [0.25, 0.3) is 11.3 Å². The van der Waals surface area contributed by atoms with Crippen LogP contribution in [0.15, 0.2) is 51.2 Å². The maximum Gasteiger partial charge on any atom is 0.233 e. The van der Waals surface area contributed by atoms with Crippen LogP contribution >= 0.6 is 23.5 Å². The molecule has 2 N–H and O–H groups in total. The first-order valence-electron chi connectivity index (χ1n) is 8.87. The highest BCUT2D eigenvalue weighted by Crippen LogP contribution is 2.26. The van der Waals surface area contributed by atoms with Gasteiger partial charge in [0.25, 0.3) is 0 Å². The molecule has 3 aromatic rings. The van der Waals surface area contributed by atoms with E-state index in [0.29, 0.717) is 29.2 Å². The molecular formula is C18H22N6O2S2. The lowest BCUT2D eigenvalue weighted by Gasteiger charge is -2.17. The molecule has 28 heavy (non-hydrogen) atoms. The third-order valence-electron chi connectivity index (χ3n) is 4.04. The van der Waals surface area contributed by atoms with Crippen LogP contribution in [-0.4, -0.2) is 49.7 Å². The lowest BCUT2D eigenvalue weighted by atomic mass is 10.2. The van der Waals surface area contributed by atoms with Gasteiger partial charge in [-0.3, -0.25) is 4.79 Å². The third kappa shape index (κ3) is 4.87. The second-order valence-electron chi connectivity index (χ2n) is 5.83. The van der Waals surface area contributed by atoms with Crippen molar-refractivity contribution in [2.45, 2.75) is 29.9 Å². The van der Waals surface area contributed by atoms with E-state index in [1.54, 1.807) is 4.90 Å². The third-order valence-corrected chi connectivity index (χ3v) is 5.95. The average molecular weight is 419 g/mol. The Morgan fingerprint density at radius 3 is 2.50 bits per heavy atom. The second kappa shape index (κ2) is 9.65. The smallest absolute Gasteiger partial charge is 0.233 e. The van der Waals surface area contributed by atoms with Gasteiger partial charge in [-0.1, -0.05) is 59.0 Å². The summed E-state index contributed by atoms with van der Waals surface area (Å²) in [5.74, 6) is 7.68. The fourth-order valence-corrected chi connectivity index (χ4v) is 4.07. The summed E-state index contributed by atoms with van der Waals surface area (Å²) >= 11 is 2.70. The molecule has 1 aromatic carbocycles. The zero-order chi connectivity index (χ0) is 19.9. The van der Waals surface area contributed by atoms with Crippen LogP contribution in [0.5, 0.6) is 0 Å². The van der Waals surface area contributed by atoms with E-state index in [1.165, 1.54) is 28.2 Å². The highest BCUT2D eigenvalue weighted by molar-refractivity contribution is 8.00. The van der Waals surface area contributed by atoms with E-state index in [1.807, 2.05) is 50.2 Å². The van der Waals surface area contributed by atoms with E-state index in [-0.39, 0.29) is 11.7 Å². The molecule has 0 saturated heterocycles. The lowest BCUT2D eigenvalue weighted by molar-refractivity contribution is -0.127. The molecule has 0 unspecified atom stereocenters. The van der Waals surface area contributed by atoms with Crippen LogP contribution in [0.1, 0.15) is 19.5 Å². The van der Waals surface area contributed by atoms with Gasteiger partial charge in [0, 0.05) is 30.5 Å². The van der Waals surface area contributed by atoms with E-state index in [9.17, 15) is 4.79 Å². The van der Waals surface area contributed by atoms with Crippen molar-refractivity contribution < 1.29 is 9.32 Å². The van der Waals surface area contributed by atoms with Gasteiger partial charge in [0.2, 0.25) is 16.2 Å². The summed E-state index contributed by atoms with van der Waals surface area (Å²) < 4.78 is 6.81. The lowest BCUT2D eigenvalue weighted by Crippen LogP contribution is -2.32. The van der Waals surface area contributed by atoms with Gasteiger partial charge in [0.15, 0.2) is 5.76 Å². The number of nitrogen functional groups attached to an aromatic ring is 1. The first kappa shape index (κ1) is 20.3. The Morgan fingerprint density at radius 1 is 1.14 bits per heavy atom. The number of hydrogen-bond donors (Lipinski definition) is 1. The molecule has 2 heterocycles. The molecule has 1 amide bonds. The summed E-state index contributed by atoms with van der Waals surface area (Å²) in [5.41, 5.74) is 1.77. The Balaban J connectivity index is 1.56. The number of hydrogen-bond acceptors (Lipinski definition) is 8. The Hall–Kier alpha value is -2.46. The molecular weight excluding hydrogens is 396 g/mol. The molecule has 0 fully saturated rings. The molecule has 0 atom stereocenters. The van der Waals surface area contributed by atoms with E-state index in [4.69, 9.17) is 10.4 Å². The summed E-state index contributed by atoms with van der Waals surface area (Å²) in [7, 11) is 0. The normalized spacial score (nSPS) is 10.9. The van der Waals surface area contributed by atoms with Gasteiger partial charge < -0.3 is 15.3 Å². The predicted octanol–water partition coefficient (Wildman–Crippen LogP) is 2.90. The summed E-state index contributed by atoms with van der Waals surface area (Å²) in [4.78, 5) is 13.9. The molecule has 0 bridgehead atoms. The van der Waals surface area contributed by atoms with E-state index in [0.717, 1.165) is 17.0 Å². The van der Waals surface area contributed by atoms with Crippen molar-refractivity contribution in [1.82, 2.24) is 24.9 Å². The van der Waals surface area contributed by atoms with Crippen molar-refractivity contribution in [2.75, 3.05) is 24.7 Å². The largest absolute Gasteiger partial charge is 0.356 e. The van der Waals surface area contributed by atoms with Gasteiger partial charge in [-0.2, -0.15) is 0 Å². The molecule has 8 nitrogen and oxygen atoms in total. The van der Waals surface area contributed by atoms with E-state index in [2.05, 4.69) is 15.4 Å². The zero-order valence-corrected chi connectivity index (χ0v) is 17.4. The molecule has 0 aliphatic rings. The van der Waals surface area contributed by atoms with Gasteiger partial charge in [0.1, 0.15) is 0 Å². The number of amides is 1. The van der Waals surface area contributed by atoms with Crippen molar-refractivity contribution >= 4 is 29.4 Å². The molecule has 0 radical (unpaired) electrons. The van der Waals surface area contributed by atoms with Crippen molar-refractivity contribution in [3.05, 3.63) is 42.1 Å². The topological polar surface area (TPSA) is 103 Å². The molecule has 148 valence electrons. The van der Waals surface area contributed by atoms with Crippen LogP contribution in [-0.2, 0) is 10.5 Å². The molecule has 0 aliphatic heterocycles. The first-order valence-corrected chi connectivity index (χ1v) is 10.8. The highest BCUT2D eigenvalue weighted by atomic mass is 32.2. The molecule has 0 aliphatic carbocycles. The van der Waals surface area contributed by atoms with Crippen LogP contribution in [0.2, 0.25) is 0 Å². The van der Waals surface area contributed by atoms with Crippen LogP contribution in [0.4, 0.5) is 0 Å². The Kier molecular flexibility index (Phi) is 6.99. The summed E-state index contributed by atoms with van der Waals surface area (Å²) in [6.45, 7) is 5.29. The van der Waals surface area contributed by atoms with Gasteiger partial charge in [-0.25, -0.2) is 4.68 Å². The zero-order valence-electron chi connectivity index (χ0n) is 15.7. The van der Waals surface area contributed by atoms with Crippen LogP contribution in [0.3, 0.4) is 0 Å². The SMILES string of the molecule is CCN(CC)C(=O)CSc1nnc(SCc2cc(-c3ccccc3)on2)n1N. The average Bonchev–Trinajstić information content (AvgIpc) is 3.33. The number of thioether (sulfide) groups is 2. The predicted molar refractivity (Wildman–Crippen MR) is 110 cm³/mol. The monoisotopic (exact) mass is 418 g/mol. The van der Waals surface area contributed by atoms with Gasteiger partial charge in [-0.15, -0.1) is 10.2 Å². The highest BCUT2D eigenvalue weighted by Gasteiger charge is 2.16. The number of aromatic nitrogens is 4. The van der Waals surface area contributed by atoms with Gasteiger partial charge in [-0.05, 0) is 13.8 Å². The van der Waals surface area contributed by atoms with Gasteiger partial charge >= 0.3 is 0 Å². The first-order chi connectivity index (χ1) is 13.6. The van der Waals surface area contributed by atoms with E-state index < -0.39 is 0 Å². The molecule has 3 rings (SSSR count). The Bertz CT molecular complexity index is 908. The van der Waals surface area contributed by atoms with Crippen molar-refractivity contribution in [3.63, 3.8) is 0 Å². The van der Waals surface area contributed by atoms with Crippen LogP contribution in [0, 0.1) is 0 Å². The Labute approximate surface area is 171 Å². The van der Waals surface area contributed by atoms with Crippen molar-refractivity contribution in [1.29, 1.82) is 0 Å². The minimum absolute atomic E-state index is 0.0586. The molecule has 0 saturated carbocycles. The maximum absolute atomic E-state index is 12.1. The standard InChI is InChI=1S/C18H22N6O2S2/c1-3-23(4-2)16(25)12-28-18-21-20-17(24(18)19)27-11-14-10-15(26-22-14)13-8-6-5-7-9-13/h5-10H,3-4,11-12,19H2,1-2H3. The number of carbonyl (C=O) groups excluding carboxylic acids is 1. The molecule has 10 heteroatoms. The van der Waals surface area contributed by atoms with Crippen molar-refractivity contribution in [2.24, 2.45) is 0 Å². The molecule has 0 spiro atoms. The van der Waals surface area contributed by atoms with Gasteiger partial charge in [0.05, 0.1) is 11.4 Å². The summed E-state index contributed by atoms with van der Waals surface area (Å²) in [6, 6.07) is 11.7. The minimum atomic E-state index is 0.0586. The van der Waals surface area contributed by atoms with Crippen molar-refractivity contribution in [3.8, 4) is 11.3 Å². The maximum atomic E-state index is 12.1. The fraction of sp³-hybridized carbons (Fsp3) is 0.333. The van der Waals surface area contributed by atoms with Crippen LogP contribution < -0.4 is 5.84 Å². The quantitative estimate of drug-likeness (QED) is 0.418. The summed E-state index contributed by atoms with van der Waals surface area (Å²) in [6.07, 6.45) is 0. The van der Waals surface area contributed by atoms with E-state index >= 15 is 0 Å². The minimum Gasteiger partial charge on any atom is -0.356 e. The number of carbonyl (C=O) groups is 1. The number of rotatable bonds is 9. The number of nitrogens with zero attached hydrogens (tertiary/aromatic N) is 5. The fourth-order valence-electron chi connectivity index (χ4n) is 2.51.